The maximum absolute atomic E-state index is 10.9. The summed E-state index contributed by atoms with van der Waals surface area (Å²) < 4.78 is 5.71. The second-order valence-corrected chi connectivity index (χ2v) is 3.97. The molecule has 2 aromatic carbocycles. The van der Waals surface area contributed by atoms with E-state index in [0.29, 0.717) is 6.54 Å². The largest absolute Gasteiger partial charge is 0.457 e. The summed E-state index contributed by atoms with van der Waals surface area (Å²) in [6.45, 7) is 2.02. The van der Waals surface area contributed by atoms with Crippen LogP contribution in [0.5, 0.6) is 11.5 Å². The zero-order chi connectivity index (χ0) is 12.8. The monoisotopic (exact) mass is 241 g/mol. The van der Waals surface area contributed by atoms with Gasteiger partial charge in [0.2, 0.25) is 5.91 Å². The Morgan fingerprint density at radius 3 is 2.50 bits per heavy atom. The first-order valence-electron chi connectivity index (χ1n) is 5.80. The quantitative estimate of drug-likeness (QED) is 0.893. The van der Waals surface area contributed by atoms with Crippen molar-refractivity contribution in [3.63, 3.8) is 0 Å². The molecular formula is C15H15NO2. The molecule has 18 heavy (non-hydrogen) atoms. The third kappa shape index (κ3) is 3.63. The molecule has 0 aliphatic carbocycles. The minimum atomic E-state index is -0.0376. The molecule has 0 saturated heterocycles. The van der Waals surface area contributed by atoms with E-state index in [-0.39, 0.29) is 5.91 Å². The Kier molecular flexibility index (Phi) is 3.97. The highest BCUT2D eigenvalue weighted by Gasteiger charge is 1.99. The fourth-order valence-corrected chi connectivity index (χ4v) is 1.57. The zero-order valence-electron chi connectivity index (χ0n) is 10.2. The molecular weight excluding hydrogens is 226 g/mol. The van der Waals surface area contributed by atoms with Gasteiger partial charge in [0.15, 0.2) is 0 Å². The van der Waals surface area contributed by atoms with Gasteiger partial charge in [-0.05, 0) is 29.8 Å². The lowest BCUT2D eigenvalue weighted by atomic mass is 10.2. The summed E-state index contributed by atoms with van der Waals surface area (Å²) in [4.78, 5) is 10.9. The number of nitrogens with one attached hydrogen (secondary N) is 1. The van der Waals surface area contributed by atoms with Crippen molar-refractivity contribution in [3.8, 4) is 11.5 Å². The molecule has 2 aromatic rings. The second kappa shape index (κ2) is 5.87. The third-order valence-electron chi connectivity index (χ3n) is 2.42. The molecule has 0 radical (unpaired) electrons. The summed E-state index contributed by atoms with van der Waals surface area (Å²) in [7, 11) is 0. The number of carbonyl (C=O) groups excluding carboxylic acids is 1. The Bertz CT molecular complexity index is 523. The molecule has 2 rings (SSSR count). The molecule has 3 nitrogen and oxygen atoms in total. The minimum absolute atomic E-state index is 0.0376. The molecule has 0 fully saturated rings. The lowest BCUT2D eigenvalue weighted by Gasteiger charge is -2.07. The highest BCUT2D eigenvalue weighted by atomic mass is 16.5. The van der Waals surface area contributed by atoms with E-state index < -0.39 is 0 Å². The highest BCUT2D eigenvalue weighted by Crippen LogP contribution is 2.21. The molecule has 0 spiro atoms. The number of hydrogen-bond acceptors (Lipinski definition) is 2. The molecule has 0 aromatic heterocycles. The zero-order valence-corrected chi connectivity index (χ0v) is 10.2. The van der Waals surface area contributed by atoms with Crippen LogP contribution in [0, 0.1) is 0 Å². The third-order valence-corrected chi connectivity index (χ3v) is 2.42. The van der Waals surface area contributed by atoms with Crippen LogP contribution in [0.15, 0.2) is 54.6 Å². The van der Waals surface area contributed by atoms with Gasteiger partial charge in [0.25, 0.3) is 0 Å². The SMILES string of the molecule is CC(=O)NCc1cccc(Oc2ccccc2)c1. The van der Waals surface area contributed by atoms with E-state index in [1.54, 1.807) is 0 Å². The number of para-hydroxylation sites is 1. The average Bonchev–Trinajstić information content (AvgIpc) is 2.38. The van der Waals surface area contributed by atoms with E-state index >= 15 is 0 Å². The number of amides is 1. The number of benzene rings is 2. The Balaban J connectivity index is 2.05. The molecule has 3 heteroatoms. The van der Waals surface area contributed by atoms with Crippen molar-refractivity contribution in [2.45, 2.75) is 13.5 Å². The van der Waals surface area contributed by atoms with Crippen LogP contribution in [-0.4, -0.2) is 5.91 Å². The van der Waals surface area contributed by atoms with E-state index in [0.717, 1.165) is 17.1 Å². The molecule has 0 saturated carbocycles. The van der Waals surface area contributed by atoms with Crippen LogP contribution in [-0.2, 0) is 11.3 Å². The van der Waals surface area contributed by atoms with Crippen LogP contribution in [0.2, 0.25) is 0 Å². The van der Waals surface area contributed by atoms with Gasteiger partial charge in [0.05, 0.1) is 0 Å². The number of hydrogen-bond donors (Lipinski definition) is 1. The first kappa shape index (κ1) is 12.2. The Morgan fingerprint density at radius 2 is 1.78 bits per heavy atom. The minimum Gasteiger partial charge on any atom is -0.457 e. The van der Waals surface area contributed by atoms with E-state index in [1.807, 2.05) is 54.6 Å². The van der Waals surface area contributed by atoms with Crippen LogP contribution in [0.1, 0.15) is 12.5 Å². The van der Waals surface area contributed by atoms with E-state index in [4.69, 9.17) is 4.74 Å². The Morgan fingerprint density at radius 1 is 1.06 bits per heavy atom. The number of ether oxygens (including phenoxy) is 1. The lowest BCUT2D eigenvalue weighted by molar-refractivity contribution is -0.119. The van der Waals surface area contributed by atoms with Crippen molar-refractivity contribution in [2.24, 2.45) is 0 Å². The van der Waals surface area contributed by atoms with Gasteiger partial charge >= 0.3 is 0 Å². The predicted octanol–water partition coefficient (Wildman–Crippen LogP) is 3.12. The summed E-state index contributed by atoms with van der Waals surface area (Å²) >= 11 is 0. The first-order valence-corrected chi connectivity index (χ1v) is 5.80. The molecule has 0 unspecified atom stereocenters. The van der Waals surface area contributed by atoms with Crippen LogP contribution in [0.3, 0.4) is 0 Å². The van der Waals surface area contributed by atoms with Crippen LogP contribution >= 0.6 is 0 Å². The fourth-order valence-electron chi connectivity index (χ4n) is 1.57. The normalized spacial score (nSPS) is 9.83. The fraction of sp³-hybridized carbons (Fsp3) is 0.133. The van der Waals surface area contributed by atoms with Gasteiger partial charge in [0.1, 0.15) is 11.5 Å². The first-order chi connectivity index (χ1) is 8.74. The van der Waals surface area contributed by atoms with Crippen LogP contribution in [0.4, 0.5) is 0 Å². The molecule has 92 valence electrons. The maximum Gasteiger partial charge on any atom is 0.217 e. The molecule has 0 aliphatic rings. The standard InChI is InChI=1S/C15H15NO2/c1-12(17)16-11-13-6-5-9-15(10-13)18-14-7-3-2-4-8-14/h2-10H,11H2,1H3,(H,16,17). The van der Waals surface area contributed by atoms with Gasteiger partial charge in [-0.25, -0.2) is 0 Å². The molecule has 0 atom stereocenters. The van der Waals surface area contributed by atoms with Crippen molar-refractivity contribution in [1.29, 1.82) is 0 Å². The Labute approximate surface area is 106 Å². The molecule has 0 heterocycles. The topological polar surface area (TPSA) is 38.3 Å². The van der Waals surface area contributed by atoms with Gasteiger partial charge in [-0.15, -0.1) is 0 Å². The molecule has 0 bridgehead atoms. The smallest absolute Gasteiger partial charge is 0.217 e. The number of rotatable bonds is 4. The summed E-state index contributed by atoms with van der Waals surface area (Å²) in [6, 6.07) is 17.3. The van der Waals surface area contributed by atoms with Crippen LogP contribution < -0.4 is 10.1 Å². The summed E-state index contributed by atoms with van der Waals surface area (Å²) in [5.41, 5.74) is 1.01. The van der Waals surface area contributed by atoms with E-state index in [1.165, 1.54) is 6.92 Å². The molecule has 0 aliphatic heterocycles. The number of carbonyl (C=O) groups is 1. The van der Waals surface area contributed by atoms with Crippen molar-refractivity contribution in [2.75, 3.05) is 0 Å². The summed E-state index contributed by atoms with van der Waals surface area (Å²) in [6.07, 6.45) is 0. The van der Waals surface area contributed by atoms with Gasteiger partial charge in [-0.1, -0.05) is 30.3 Å². The maximum atomic E-state index is 10.9. The summed E-state index contributed by atoms with van der Waals surface area (Å²) in [5.74, 6) is 1.53. The van der Waals surface area contributed by atoms with Gasteiger partial charge in [-0.3, -0.25) is 4.79 Å². The van der Waals surface area contributed by atoms with Gasteiger partial charge in [-0.2, -0.15) is 0 Å². The van der Waals surface area contributed by atoms with Crippen LogP contribution in [0.25, 0.3) is 0 Å². The Hall–Kier alpha value is -2.29. The summed E-state index contributed by atoms with van der Waals surface area (Å²) in [5, 5.41) is 2.76. The highest BCUT2D eigenvalue weighted by molar-refractivity contribution is 5.72. The van der Waals surface area contributed by atoms with Gasteiger partial charge in [0, 0.05) is 13.5 Å². The second-order valence-electron chi connectivity index (χ2n) is 3.97. The molecule has 1 N–H and O–H groups in total. The van der Waals surface area contributed by atoms with Crippen molar-refractivity contribution >= 4 is 5.91 Å². The van der Waals surface area contributed by atoms with Crippen molar-refractivity contribution in [1.82, 2.24) is 5.32 Å². The molecule has 1 amide bonds. The predicted molar refractivity (Wildman–Crippen MR) is 70.5 cm³/mol. The van der Waals surface area contributed by atoms with E-state index in [2.05, 4.69) is 5.32 Å². The van der Waals surface area contributed by atoms with E-state index in [9.17, 15) is 4.79 Å². The van der Waals surface area contributed by atoms with Crippen molar-refractivity contribution in [3.05, 3.63) is 60.2 Å². The van der Waals surface area contributed by atoms with Crippen molar-refractivity contribution < 1.29 is 9.53 Å². The van der Waals surface area contributed by atoms with Gasteiger partial charge < -0.3 is 10.1 Å². The average molecular weight is 241 g/mol. The lowest BCUT2D eigenvalue weighted by Crippen LogP contribution is -2.18.